The van der Waals surface area contributed by atoms with Crippen LogP contribution in [0.4, 0.5) is 0 Å². The number of carbonyl (C=O) groups excluding carboxylic acids is 1. The van der Waals surface area contributed by atoms with Gasteiger partial charge in [-0.3, -0.25) is 9.69 Å². The van der Waals surface area contributed by atoms with E-state index in [0.29, 0.717) is 6.61 Å². The zero-order chi connectivity index (χ0) is 9.97. The SMILES string of the molecule is N#CC1CCN(C2CCOC2=O)CC1. The van der Waals surface area contributed by atoms with Gasteiger partial charge in [0.2, 0.25) is 0 Å². The van der Waals surface area contributed by atoms with Gasteiger partial charge in [0, 0.05) is 25.4 Å². The van der Waals surface area contributed by atoms with E-state index in [1.54, 1.807) is 0 Å². The number of rotatable bonds is 1. The van der Waals surface area contributed by atoms with Crippen molar-refractivity contribution in [1.29, 1.82) is 5.26 Å². The van der Waals surface area contributed by atoms with E-state index >= 15 is 0 Å². The lowest BCUT2D eigenvalue weighted by Gasteiger charge is -2.31. The molecule has 0 aromatic heterocycles. The minimum atomic E-state index is -0.0830. The van der Waals surface area contributed by atoms with Crippen LogP contribution in [0.15, 0.2) is 0 Å². The number of cyclic esters (lactones) is 1. The summed E-state index contributed by atoms with van der Waals surface area (Å²) in [4.78, 5) is 13.5. The van der Waals surface area contributed by atoms with Crippen LogP contribution in [0.5, 0.6) is 0 Å². The fourth-order valence-corrected chi connectivity index (χ4v) is 2.16. The van der Waals surface area contributed by atoms with Gasteiger partial charge in [-0.25, -0.2) is 0 Å². The summed E-state index contributed by atoms with van der Waals surface area (Å²) < 4.78 is 4.93. The number of likely N-dealkylation sites (tertiary alicyclic amines) is 1. The Morgan fingerprint density at radius 3 is 2.57 bits per heavy atom. The van der Waals surface area contributed by atoms with Crippen molar-refractivity contribution in [3.63, 3.8) is 0 Å². The third kappa shape index (κ3) is 1.73. The summed E-state index contributed by atoms with van der Waals surface area (Å²) >= 11 is 0. The predicted molar refractivity (Wildman–Crippen MR) is 49.3 cm³/mol. The Balaban J connectivity index is 1.89. The Kier molecular flexibility index (Phi) is 2.69. The van der Waals surface area contributed by atoms with Crippen molar-refractivity contribution in [2.24, 2.45) is 5.92 Å². The smallest absolute Gasteiger partial charge is 0.323 e. The van der Waals surface area contributed by atoms with Gasteiger partial charge in [0.15, 0.2) is 0 Å². The third-order valence-corrected chi connectivity index (χ3v) is 3.06. The lowest BCUT2D eigenvalue weighted by atomic mass is 9.97. The zero-order valence-electron chi connectivity index (χ0n) is 8.11. The molecule has 0 saturated carbocycles. The minimum absolute atomic E-state index is 0.0327. The van der Waals surface area contributed by atoms with Crippen molar-refractivity contribution in [2.45, 2.75) is 25.3 Å². The van der Waals surface area contributed by atoms with Crippen LogP contribution in [0.3, 0.4) is 0 Å². The third-order valence-electron chi connectivity index (χ3n) is 3.06. The first-order chi connectivity index (χ1) is 6.81. The number of hydrogen-bond acceptors (Lipinski definition) is 4. The molecule has 0 aliphatic carbocycles. The first kappa shape index (κ1) is 9.47. The van der Waals surface area contributed by atoms with Crippen LogP contribution in [0.1, 0.15) is 19.3 Å². The summed E-state index contributed by atoms with van der Waals surface area (Å²) in [5, 5.41) is 8.73. The highest BCUT2D eigenvalue weighted by Crippen LogP contribution is 2.22. The van der Waals surface area contributed by atoms with Crippen LogP contribution in [0.25, 0.3) is 0 Å². The maximum atomic E-state index is 11.3. The van der Waals surface area contributed by atoms with Gasteiger partial charge in [0.25, 0.3) is 0 Å². The quantitative estimate of drug-likeness (QED) is 0.572. The highest BCUT2D eigenvalue weighted by Gasteiger charge is 2.34. The van der Waals surface area contributed by atoms with E-state index in [0.717, 1.165) is 32.4 Å². The van der Waals surface area contributed by atoms with Crippen molar-refractivity contribution in [1.82, 2.24) is 4.90 Å². The molecule has 2 aliphatic rings. The molecule has 0 amide bonds. The largest absolute Gasteiger partial charge is 0.464 e. The molecule has 0 N–H and O–H groups in total. The number of piperidine rings is 1. The van der Waals surface area contributed by atoms with Gasteiger partial charge in [-0.1, -0.05) is 0 Å². The van der Waals surface area contributed by atoms with Gasteiger partial charge in [0.1, 0.15) is 6.04 Å². The number of esters is 1. The van der Waals surface area contributed by atoms with Crippen molar-refractivity contribution < 1.29 is 9.53 Å². The van der Waals surface area contributed by atoms with Crippen molar-refractivity contribution in [3.8, 4) is 6.07 Å². The van der Waals surface area contributed by atoms with Crippen LogP contribution in [-0.4, -0.2) is 36.6 Å². The number of nitriles is 1. The van der Waals surface area contributed by atoms with Crippen LogP contribution >= 0.6 is 0 Å². The molecule has 2 fully saturated rings. The Morgan fingerprint density at radius 2 is 2.07 bits per heavy atom. The van der Waals surface area contributed by atoms with E-state index in [1.165, 1.54) is 0 Å². The highest BCUT2D eigenvalue weighted by atomic mass is 16.5. The fourth-order valence-electron chi connectivity index (χ4n) is 2.16. The second-order valence-corrected chi connectivity index (χ2v) is 3.91. The van der Waals surface area contributed by atoms with Gasteiger partial charge in [0.05, 0.1) is 12.7 Å². The van der Waals surface area contributed by atoms with E-state index in [-0.39, 0.29) is 17.9 Å². The van der Waals surface area contributed by atoms with Crippen molar-refractivity contribution >= 4 is 5.97 Å². The van der Waals surface area contributed by atoms with E-state index in [2.05, 4.69) is 11.0 Å². The maximum absolute atomic E-state index is 11.3. The van der Waals surface area contributed by atoms with E-state index in [4.69, 9.17) is 10.00 Å². The molecular formula is C10H14N2O2. The van der Waals surface area contributed by atoms with Gasteiger partial charge in [-0.15, -0.1) is 0 Å². The first-order valence-corrected chi connectivity index (χ1v) is 5.11. The highest BCUT2D eigenvalue weighted by molar-refractivity contribution is 5.77. The van der Waals surface area contributed by atoms with Crippen LogP contribution in [0.2, 0.25) is 0 Å². The van der Waals surface area contributed by atoms with Crippen molar-refractivity contribution in [3.05, 3.63) is 0 Å². The van der Waals surface area contributed by atoms with Crippen LogP contribution < -0.4 is 0 Å². The number of hydrogen-bond donors (Lipinski definition) is 0. The molecule has 2 heterocycles. The van der Waals surface area contributed by atoms with E-state index in [9.17, 15) is 4.79 Å². The van der Waals surface area contributed by atoms with Gasteiger partial charge >= 0.3 is 5.97 Å². The first-order valence-electron chi connectivity index (χ1n) is 5.11. The molecule has 2 aliphatic heterocycles. The molecule has 1 unspecified atom stereocenters. The van der Waals surface area contributed by atoms with Gasteiger partial charge in [-0.05, 0) is 12.8 Å². The molecule has 1 atom stereocenters. The van der Waals surface area contributed by atoms with Gasteiger partial charge < -0.3 is 4.74 Å². The predicted octanol–water partition coefficient (Wildman–Crippen LogP) is 0.537. The summed E-state index contributed by atoms with van der Waals surface area (Å²) in [6.07, 6.45) is 2.59. The maximum Gasteiger partial charge on any atom is 0.323 e. The average Bonchev–Trinajstić information content (AvgIpc) is 2.65. The number of ether oxygens (including phenoxy) is 1. The molecule has 2 rings (SSSR count). The van der Waals surface area contributed by atoms with Crippen LogP contribution in [-0.2, 0) is 9.53 Å². The molecule has 4 nitrogen and oxygen atoms in total. The summed E-state index contributed by atoms with van der Waals surface area (Å²) in [5.74, 6) is 0.101. The Labute approximate surface area is 83.4 Å². The van der Waals surface area contributed by atoms with Crippen molar-refractivity contribution in [2.75, 3.05) is 19.7 Å². The summed E-state index contributed by atoms with van der Waals surface area (Å²) in [5.41, 5.74) is 0. The second-order valence-electron chi connectivity index (χ2n) is 3.91. The molecule has 0 aromatic rings. The van der Waals surface area contributed by atoms with Gasteiger partial charge in [-0.2, -0.15) is 5.26 Å². The van der Waals surface area contributed by atoms with Crippen LogP contribution in [0, 0.1) is 17.2 Å². The lowest BCUT2D eigenvalue weighted by Crippen LogP contribution is -2.43. The molecule has 14 heavy (non-hydrogen) atoms. The molecule has 0 spiro atoms. The number of nitrogens with zero attached hydrogens (tertiary/aromatic N) is 2. The number of carbonyl (C=O) groups is 1. The Hall–Kier alpha value is -1.08. The molecule has 2 saturated heterocycles. The summed E-state index contributed by atoms with van der Waals surface area (Å²) in [6, 6.07) is 2.25. The Morgan fingerprint density at radius 1 is 1.36 bits per heavy atom. The summed E-state index contributed by atoms with van der Waals surface area (Å²) in [6.45, 7) is 2.28. The lowest BCUT2D eigenvalue weighted by molar-refractivity contribution is -0.142. The molecular weight excluding hydrogens is 180 g/mol. The standard InChI is InChI=1S/C10H14N2O2/c11-7-8-1-4-12(5-2-8)9-3-6-14-10(9)13/h8-9H,1-6H2. The molecule has 0 aromatic carbocycles. The fraction of sp³-hybridized carbons (Fsp3) is 0.800. The Bertz CT molecular complexity index is 264. The van der Waals surface area contributed by atoms with E-state index in [1.807, 2.05) is 0 Å². The molecule has 0 bridgehead atoms. The molecule has 4 heteroatoms. The molecule has 0 radical (unpaired) electrons. The normalized spacial score (nSPS) is 29.9. The second kappa shape index (κ2) is 3.97. The topological polar surface area (TPSA) is 53.3 Å². The average molecular weight is 194 g/mol. The monoisotopic (exact) mass is 194 g/mol. The summed E-state index contributed by atoms with van der Waals surface area (Å²) in [7, 11) is 0. The van der Waals surface area contributed by atoms with E-state index < -0.39 is 0 Å². The zero-order valence-corrected chi connectivity index (χ0v) is 8.11. The molecule has 76 valence electrons. The minimum Gasteiger partial charge on any atom is -0.464 e.